The number of alkyl halides is 2. The van der Waals surface area contributed by atoms with Gasteiger partial charge in [0, 0.05) is 29.6 Å². The Hall–Kier alpha value is -1.95. The quantitative estimate of drug-likeness (QED) is 0.754. The predicted molar refractivity (Wildman–Crippen MR) is 107 cm³/mol. The molecule has 0 radical (unpaired) electrons. The Morgan fingerprint density at radius 3 is 2.60 bits per heavy atom. The Bertz CT molecular complexity index is 918. The lowest BCUT2D eigenvalue weighted by Gasteiger charge is -2.62. The zero-order chi connectivity index (χ0) is 22.1. The van der Waals surface area contributed by atoms with Crippen LogP contribution in [0.1, 0.15) is 52.9 Å². The Morgan fingerprint density at radius 1 is 1.23 bits per heavy atom. The summed E-state index contributed by atoms with van der Waals surface area (Å²) < 4.78 is 32.1. The molecule has 0 unspecified atom stereocenters. The normalized spacial score (nSPS) is 44.5. The number of carbonyl (C=O) groups is 3. The standard InChI is InChI=1S/C24H28F2O4/c1-13(27)4-7-20(29)16-6-5-15-17-11-19(25)18-10-14(28)8-9-23(18,3)24(17,26)21(30)12-22(15,16)2/h6,8-10,15,17,19,21,30H,4-5,7,11-12H2,1-3H3/t15-,17-,19-,21-,22-,23-,24-/m0/s1. The van der Waals surface area contributed by atoms with Gasteiger partial charge in [-0.2, -0.15) is 0 Å². The molecule has 0 aromatic rings. The molecule has 0 aromatic carbocycles. The molecule has 2 saturated carbocycles. The first-order valence-electron chi connectivity index (χ1n) is 10.6. The zero-order valence-corrected chi connectivity index (χ0v) is 17.6. The van der Waals surface area contributed by atoms with Crippen molar-refractivity contribution >= 4 is 17.3 Å². The maximum atomic E-state index is 16.8. The van der Waals surface area contributed by atoms with E-state index in [-0.39, 0.29) is 54.5 Å². The van der Waals surface area contributed by atoms with Crippen LogP contribution in [-0.2, 0) is 14.4 Å². The molecule has 30 heavy (non-hydrogen) atoms. The van der Waals surface area contributed by atoms with Crippen LogP contribution in [0.25, 0.3) is 0 Å². The largest absolute Gasteiger partial charge is 0.390 e. The van der Waals surface area contributed by atoms with Gasteiger partial charge in [-0.15, -0.1) is 0 Å². The third-order valence-corrected chi connectivity index (χ3v) is 8.21. The molecule has 7 atom stereocenters. The molecule has 0 aliphatic heterocycles. The summed E-state index contributed by atoms with van der Waals surface area (Å²) >= 11 is 0. The minimum atomic E-state index is -2.13. The summed E-state index contributed by atoms with van der Waals surface area (Å²) in [4.78, 5) is 35.9. The highest BCUT2D eigenvalue weighted by Crippen LogP contribution is 2.68. The average molecular weight is 418 g/mol. The maximum Gasteiger partial charge on any atom is 0.178 e. The van der Waals surface area contributed by atoms with E-state index in [1.54, 1.807) is 13.0 Å². The van der Waals surface area contributed by atoms with Crippen molar-refractivity contribution in [2.75, 3.05) is 0 Å². The highest BCUT2D eigenvalue weighted by atomic mass is 19.1. The van der Waals surface area contributed by atoms with Gasteiger partial charge < -0.3 is 9.90 Å². The molecule has 0 aromatic heterocycles. The molecule has 0 spiro atoms. The molecule has 0 heterocycles. The number of fused-ring (bicyclic) bond motifs is 5. The molecule has 4 rings (SSSR count). The fraction of sp³-hybridized carbons (Fsp3) is 0.625. The number of hydrogen-bond acceptors (Lipinski definition) is 4. The van der Waals surface area contributed by atoms with Crippen molar-refractivity contribution in [1.29, 1.82) is 0 Å². The summed E-state index contributed by atoms with van der Waals surface area (Å²) in [5.41, 5.74) is -3.68. The van der Waals surface area contributed by atoms with E-state index in [2.05, 4.69) is 0 Å². The highest BCUT2D eigenvalue weighted by molar-refractivity contribution is 6.01. The van der Waals surface area contributed by atoms with Gasteiger partial charge in [0.05, 0.1) is 6.10 Å². The van der Waals surface area contributed by atoms with E-state index >= 15 is 8.78 Å². The van der Waals surface area contributed by atoms with Crippen molar-refractivity contribution in [3.63, 3.8) is 0 Å². The van der Waals surface area contributed by atoms with Gasteiger partial charge in [0.25, 0.3) is 0 Å². The van der Waals surface area contributed by atoms with E-state index in [9.17, 15) is 19.5 Å². The van der Waals surface area contributed by atoms with Crippen molar-refractivity contribution < 1.29 is 28.3 Å². The van der Waals surface area contributed by atoms with Crippen molar-refractivity contribution in [2.45, 2.75) is 70.8 Å². The first-order chi connectivity index (χ1) is 13.9. The molecule has 2 fully saturated rings. The third kappa shape index (κ3) is 2.68. The van der Waals surface area contributed by atoms with E-state index in [0.29, 0.717) is 12.0 Å². The monoisotopic (exact) mass is 418 g/mol. The average Bonchev–Trinajstić information content (AvgIpc) is 3.00. The summed E-state index contributed by atoms with van der Waals surface area (Å²) in [5.74, 6) is -1.73. The van der Waals surface area contributed by atoms with Crippen LogP contribution >= 0.6 is 0 Å². The van der Waals surface area contributed by atoms with Crippen LogP contribution in [0.2, 0.25) is 0 Å². The van der Waals surface area contributed by atoms with Gasteiger partial charge in [-0.3, -0.25) is 9.59 Å². The van der Waals surface area contributed by atoms with E-state index in [4.69, 9.17) is 0 Å². The van der Waals surface area contributed by atoms with E-state index < -0.39 is 34.7 Å². The Balaban J connectivity index is 1.72. The number of allylic oxidation sites excluding steroid dienone is 6. The van der Waals surface area contributed by atoms with Gasteiger partial charge in [0.1, 0.15) is 12.0 Å². The molecule has 0 amide bonds. The smallest absolute Gasteiger partial charge is 0.178 e. The predicted octanol–water partition coefficient (Wildman–Crippen LogP) is 3.78. The lowest BCUT2D eigenvalue weighted by atomic mass is 9.45. The molecule has 4 aliphatic carbocycles. The minimum absolute atomic E-state index is 0.0456. The molecule has 0 saturated heterocycles. The van der Waals surface area contributed by atoms with Gasteiger partial charge >= 0.3 is 0 Å². The second-order valence-corrected chi connectivity index (χ2v) is 9.84. The number of aliphatic hydroxyl groups is 1. The molecular formula is C24H28F2O4. The van der Waals surface area contributed by atoms with Crippen LogP contribution in [0.4, 0.5) is 8.78 Å². The van der Waals surface area contributed by atoms with Crippen LogP contribution < -0.4 is 0 Å². The summed E-state index contributed by atoms with van der Waals surface area (Å²) in [5, 5.41) is 11.1. The number of rotatable bonds is 4. The number of Topliss-reactive ketones (excluding diaryl/α,β-unsaturated/α-hetero) is 2. The maximum absolute atomic E-state index is 16.8. The van der Waals surface area contributed by atoms with Gasteiger partial charge in [0.2, 0.25) is 0 Å². The van der Waals surface area contributed by atoms with Crippen molar-refractivity contribution in [1.82, 2.24) is 0 Å². The van der Waals surface area contributed by atoms with Crippen LogP contribution in [-0.4, -0.2) is 40.4 Å². The van der Waals surface area contributed by atoms with Crippen LogP contribution in [0, 0.1) is 22.7 Å². The van der Waals surface area contributed by atoms with Gasteiger partial charge in [0.15, 0.2) is 17.2 Å². The van der Waals surface area contributed by atoms with E-state index in [1.807, 2.05) is 6.92 Å². The summed E-state index contributed by atoms with van der Waals surface area (Å²) in [6.07, 6.45) is 3.34. The first kappa shape index (κ1) is 21.3. The van der Waals surface area contributed by atoms with Crippen LogP contribution in [0.5, 0.6) is 0 Å². The van der Waals surface area contributed by atoms with Gasteiger partial charge in [-0.05, 0) is 62.3 Å². The van der Waals surface area contributed by atoms with Crippen LogP contribution in [0.15, 0.2) is 35.5 Å². The van der Waals surface area contributed by atoms with Gasteiger partial charge in [-0.25, -0.2) is 8.78 Å². The summed E-state index contributed by atoms with van der Waals surface area (Å²) in [6, 6.07) is 0. The Labute approximate surface area is 175 Å². The second-order valence-electron chi connectivity index (χ2n) is 9.84. The molecule has 4 aliphatic rings. The summed E-state index contributed by atoms with van der Waals surface area (Å²) in [6.45, 7) is 4.85. The lowest BCUT2D eigenvalue weighted by Crippen LogP contribution is -2.68. The number of ketones is 3. The Kier molecular flexibility index (Phi) is 4.81. The molecular weight excluding hydrogens is 390 g/mol. The first-order valence-corrected chi connectivity index (χ1v) is 10.6. The summed E-state index contributed by atoms with van der Waals surface area (Å²) in [7, 11) is 0. The number of carbonyl (C=O) groups excluding carboxylic acids is 3. The molecule has 4 nitrogen and oxygen atoms in total. The second kappa shape index (κ2) is 6.78. The Morgan fingerprint density at radius 2 is 1.93 bits per heavy atom. The van der Waals surface area contributed by atoms with E-state index in [0.717, 1.165) is 0 Å². The van der Waals surface area contributed by atoms with E-state index in [1.165, 1.54) is 25.2 Å². The number of hydrogen-bond donors (Lipinski definition) is 1. The minimum Gasteiger partial charge on any atom is -0.390 e. The van der Waals surface area contributed by atoms with Crippen LogP contribution in [0.3, 0.4) is 0 Å². The highest BCUT2D eigenvalue weighted by Gasteiger charge is 2.71. The van der Waals surface area contributed by atoms with Crippen molar-refractivity contribution in [3.8, 4) is 0 Å². The number of aliphatic hydroxyl groups excluding tert-OH is 1. The SMILES string of the molecule is CC(=O)CCC(=O)C1=CC[C@H]2[C@@H]3C[C@H](F)C4=CC(=O)C=C[C@]4(C)[C@@]3(F)[C@@H](O)C[C@]12C. The molecule has 1 N–H and O–H groups in total. The molecule has 0 bridgehead atoms. The number of halogens is 2. The third-order valence-electron chi connectivity index (χ3n) is 8.21. The fourth-order valence-electron chi connectivity index (χ4n) is 6.63. The lowest BCUT2D eigenvalue weighted by molar-refractivity contribution is -0.192. The molecule has 6 heteroatoms. The van der Waals surface area contributed by atoms with Crippen molar-refractivity contribution in [3.05, 3.63) is 35.5 Å². The molecule has 162 valence electrons. The topological polar surface area (TPSA) is 71.4 Å². The van der Waals surface area contributed by atoms with Gasteiger partial charge in [-0.1, -0.05) is 19.1 Å². The zero-order valence-electron chi connectivity index (χ0n) is 17.6. The van der Waals surface area contributed by atoms with Crippen molar-refractivity contribution in [2.24, 2.45) is 22.7 Å². The fourth-order valence-corrected chi connectivity index (χ4v) is 6.63.